The van der Waals surface area contributed by atoms with Crippen LogP contribution in [-0.4, -0.2) is 14.5 Å². The molecule has 3 aromatic carbocycles. The Morgan fingerprint density at radius 3 is 2.31 bits per heavy atom. The van der Waals surface area contributed by atoms with Crippen LogP contribution in [0.2, 0.25) is 0 Å². The summed E-state index contributed by atoms with van der Waals surface area (Å²) in [5.74, 6) is 0.903. The predicted molar refractivity (Wildman–Crippen MR) is 135 cm³/mol. The van der Waals surface area contributed by atoms with Crippen LogP contribution in [0.4, 0.5) is 0 Å². The van der Waals surface area contributed by atoms with E-state index in [9.17, 15) is 0 Å². The van der Waals surface area contributed by atoms with Crippen molar-refractivity contribution in [3.8, 4) is 16.9 Å². The molecule has 0 spiro atoms. The number of aromatic nitrogens is 3. The van der Waals surface area contributed by atoms with Crippen molar-refractivity contribution in [3.63, 3.8) is 0 Å². The zero-order chi connectivity index (χ0) is 21.1. The Kier molecular flexibility index (Phi) is 3.72. The van der Waals surface area contributed by atoms with Gasteiger partial charge in [-0.05, 0) is 42.0 Å². The molecule has 7 rings (SSSR count). The summed E-state index contributed by atoms with van der Waals surface area (Å²) in [7, 11) is 0. The topological polar surface area (TPSA) is 30.7 Å². The number of benzene rings is 3. The first-order valence-electron chi connectivity index (χ1n) is 10.6. The van der Waals surface area contributed by atoms with Crippen molar-refractivity contribution in [2.45, 2.75) is 0 Å². The molecule has 150 valence electrons. The summed E-state index contributed by atoms with van der Waals surface area (Å²) in [6, 6.07) is 31.9. The van der Waals surface area contributed by atoms with Crippen LogP contribution < -0.4 is 0 Å². The second-order valence-electron chi connectivity index (χ2n) is 7.94. The van der Waals surface area contributed by atoms with E-state index in [0.29, 0.717) is 0 Å². The van der Waals surface area contributed by atoms with Crippen LogP contribution in [-0.2, 0) is 0 Å². The summed E-state index contributed by atoms with van der Waals surface area (Å²) in [6.45, 7) is 0. The van der Waals surface area contributed by atoms with Crippen molar-refractivity contribution < 1.29 is 0 Å². The van der Waals surface area contributed by atoms with E-state index in [1.807, 2.05) is 41.9 Å². The van der Waals surface area contributed by atoms with Gasteiger partial charge in [0.25, 0.3) is 0 Å². The Morgan fingerprint density at radius 1 is 0.594 bits per heavy atom. The van der Waals surface area contributed by atoms with Crippen molar-refractivity contribution in [2.24, 2.45) is 0 Å². The smallest absolute Gasteiger partial charge is 0.137 e. The number of hydrogen-bond donors (Lipinski definition) is 0. The minimum atomic E-state index is 0.903. The molecule has 0 unspecified atom stereocenters. The lowest BCUT2D eigenvalue weighted by Gasteiger charge is -2.07. The molecule has 4 heteroatoms. The second kappa shape index (κ2) is 6.74. The summed E-state index contributed by atoms with van der Waals surface area (Å²) >= 11 is 1.84. The van der Waals surface area contributed by atoms with Crippen LogP contribution in [0, 0.1) is 0 Å². The number of fused-ring (bicyclic) bond motifs is 6. The van der Waals surface area contributed by atoms with Crippen LogP contribution in [0.3, 0.4) is 0 Å². The van der Waals surface area contributed by atoms with Gasteiger partial charge in [0.15, 0.2) is 0 Å². The van der Waals surface area contributed by atoms with E-state index in [-0.39, 0.29) is 0 Å². The molecule has 0 N–H and O–H groups in total. The van der Waals surface area contributed by atoms with Crippen molar-refractivity contribution >= 4 is 53.4 Å². The highest BCUT2D eigenvalue weighted by molar-refractivity contribution is 7.25. The SMILES string of the molecule is c1ccc(-c2cnc3c4cc5c(cc4n(-c4ccccn4)c3c2)sc2ccccc25)cc1. The Labute approximate surface area is 188 Å². The van der Waals surface area contributed by atoms with Gasteiger partial charge in [0.05, 0.1) is 16.6 Å². The standard InChI is InChI=1S/C28H17N3S/c1-2-8-18(9-3-1)19-14-24-28(30-17-19)22-15-21-20-10-4-5-11-25(20)32-26(21)16-23(22)31(24)27-12-6-7-13-29-27/h1-17H. The monoisotopic (exact) mass is 427 g/mol. The highest BCUT2D eigenvalue weighted by Crippen LogP contribution is 2.40. The number of nitrogens with zero attached hydrogens (tertiary/aromatic N) is 3. The lowest BCUT2D eigenvalue weighted by molar-refractivity contribution is 1.08. The summed E-state index contributed by atoms with van der Waals surface area (Å²) in [5.41, 5.74) is 5.47. The zero-order valence-electron chi connectivity index (χ0n) is 17.1. The zero-order valence-corrected chi connectivity index (χ0v) is 17.9. The molecule has 0 amide bonds. The van der Waals surface area contributed by atoms with Crippen LogP contribution in [0.5, 0.6) is 0 Å². The average Bonchev–Trinajstić information content (AvgIpc) is 3.38. The second-order valence-corrected chi connectivity index (χ2v) is 9.03. The van der Waals surface area contributed by atoms with E-state index in [1.165, 1.54) is 20.2 Å². The molecule has 4 heterocycles. The van der Waals surface area contributed by atoms with Crippen molar-refractivity contribution in [2.75, 3.05) is 0 Å². The molecule has 32 heavy (non-hydrogen) atoms. The maximum Gasteiger partial charge on any atom is 0.137 e. The Balaban J connectivity index is 1.63. The Morgan fingerprint density at radius 2 is 1.44 bits per heavy atom. The summed E-state index contributed by atoms with van der Waals surface area (Å²) in [6.07, 6.45) is 3.83. The average molecular weight is 428 g/mol. The first kappa shape index (κ1) is 17.6. The normalized spacial score (nSPS) is 11.8. The highest BCUT2D eigenvalue weighted by Gasteiger charge is 2.17. The minimum Gasteiger partial charge on any atom is -0.292 e. The first-order chi connectivity index (χ1) is 15.9. The molecular formula is C28H17N3S. The van der Waals surface area contributed by atoms with Crippen LogP contribution in [0.25, 0.3) is 59.1 Å². The van der Waals surface area contributed by atoms with E-state index in [0.717, 1.165) is 38.9 Å². The maximum atomic E-state index is 4.96. The van der Waals surface area contributed by atoms with Gasteiger partial charge in [-0.2, -0.15) is 0 Å². The molecule has 0 atom stereocenters. The van der Waals surface area contributed by atoms with Crippen LogP contribution >= 0.6 is 11.3 Å². The molecule has 0 aliphatic heterocycles. The van der Waals surface area contributed by atoms with E-state index in [1.54, 1.807) is 0 Å². The molecule has 0 saturated heterocycles. The van der Waals surface area contributed by atoms with Crippen molar-refractivity contribution in [1.29, 1.82) is 0 Å². The first-order valence-corrected chi connectivity index (χ1v) is 11.4. The third kappa shape index (κ3) is 2.53. The van der Waals surface area contributed by atoms with Gasteiger partial charge in [-0.25, -0.2) is 4.98 Å². The van der Waals surface area contributed by atoms with E-state index in [4.69, 9.17) is 4.98 Å². The molecule has 0 aliphatic rings. The Bertz CT molecular complexity index is 1760. The van der Waals surface area contributed by atoms with Crippen molar-refractivity contribution in [1.82, 2.24) is 14.5 Å². The largest absolute Gasteiger partial charge is 0.292 e. The van der Waals surface area contributed by atoms with Gasteiger partial charge in [-0.15, -0.1) is 11.3 Å². The molecule has 3 nitrogen and oxygen atoms in total. The molecular weight excluding hydrogens is 410 g/mol. The fraction of sp³-hybridized carbons (Fsp3) is 0. The fourth-order valence-electron chi connectivity index (χ4n) is 4.62. The van der Waals surface area contributed by atoms with Gasteiger partial charge >= 0.3 is 0 Å². The molecule has 0 saturated carbocycles. The molecule has 0 bridgehead atoms. The van der Waals surface area contributed by atoms with Gasteiger partial charge in [-0.1, -0.05) is 54.6 Å². The molecule has 0 aliphatic carbocycles. The Hall–Kier alpha value is -4.02. The van der Waals surface area contributed by atoms with Gasteiger partial charge in [0, 0.05) is 43.5 Å². The number of rotatable bonds is 2. The fourth-order valence-corrected chi connectivity index (χ4v) is 5.74. The summed E-state index contributed by atoms with van der Waals surface area (Å²) in [4.78, 5) is 9.64. The number of thiophene rings is 1. The third-order valence-electron chi connectivity index (χ3n) is 6.09. The summed E-state index contributed by atoms with van der Waals surface area (Å²) in [5, 5.41) is 3.74. The van der Waals surface area contributed by atoms with Gasteiger partial charge in [-0.3, -0.25) is 9.55 Å². The molecule has 0 fully saturated rings. The van der Waals surface area contributed by atoms with E-state index in [2.05, 4.69) is 82.3 Å². The lowest BCUT2D eigenvalue weighted by atomic mass is 10.1. The molecule has 7 aromatic rings. The minimum absolute atomic E-state index is 0.903. The lowest BCUT2D eigenvalue weighted by Crippen LogP contribution is -1.96. The molecule has 0 radical (unpaired) electrons. The van der Waals surface area contributed by atoms with E-state index >= 15 is 0 Å². The highest BCUT2D eigenvalue weighted by atomic mass is 32.1. The summed E-state index contributed by atoms with van der Waals surface area (Å²) < 4.78 is 4.83. The number of hydrogen-bond acceptors (Lipinski definition) is 3. The van der Waals surface area contributed by atoms with Crippen LogP contribution in [0.1, 0.15) is 0 Å². The quantitative estimate of drug-likeness (QED) is 0.284. The third-order valence-corrected chi connectivity index (χ3v) is 7.22. The van der Waals surface area contributed by atoms with E-state index < -0.39 is 0 Å². The van der Waals surface area contributed by atoms with Gasteiger partial charge in [0.1, 0.15) is 5.82 Å². The van der Waals surface area contributed by atoms with Crippen LogP contribution in [0.15, 0.2) is 103 Å². The van der Waals surface area contributed by atoms with Gasteiger partial charge < -0.3 is 0 Å². The molecule has 4 aromatic heterocycles. The van der Waals surface area contributed by atoms with Gasteiger partial charge in [0.2, 0.25) is 0 Å². The van der Waals surface area contributed by atoms with Crippen molar-refractivity contribution in [3.05, 3.63) is 103 Å². The maximum absolute atomic E-state index is 4.96. The predicted octanol–water partition coefficient (Wildman–Crippen LogP) is 7.61. The number of pyridine rings is 2.